The molecule has 1 aromatic rings. The Hall–Kier alpha value is -2.38. The minimum Gasteiger partial charge on any atom is -0.394 e. The summed E-state index contributed by atoms with van der Waals surface area (Å²) in [4.78, 5) is 17.8. The standard InChI is InChI=1S/C19H28FN3O3.C5H10.C2H6/c1-5-6-14(2)12-18(22-26-10-9-24)19(23(4)13-25)21-17-8-7-15(3)11-16(17)20;1-5-3-2-4-5;1-2/h7-8,11-13,21-22,24H,5-6,9-10H2,1-4H3;5H,2-4H2,1H3;1-2H3/b14-12+,19-18+;;. The monoisotopic (exact) mass is 465 g/mol. The van der Waals surface area contributed by atoms with Gasteiger partial charge in [0.05, 0.1) is 18.9 Å². The third-order valence-corrected chi connectivity index (χ3v) is 4.95. The largest absolute Gasteiger partial charge is 0.394 e. The molecule has 1 aliphatic carbocycles. The average molecular weight is 466 g/mol. The number of hydrogen-bond acceptors (Lipinski definition) is 5. The van der Waals surface area contributed by atoms with Crippen molar-refractivity contribution in [1.82, 2.24) is 10.4 Å². The maximum absolute atomic E-state index is 14.2. The van der Waals surface area contributed by atoms with Gasteiger partial charge in [0.1, 0.15) is 17.3 Å². The van der Waals surface area contributed by atoms with Crippen molar-refractivity contribution in [3.63, 3.8) is 0 Å². The highest BCUT2D eigenvalue weighted by Crippen LogP contribution is 2.24. The molecule has 0 atom stereocenters. The summed E-state index contributed by atoms with van der Waals surface area (Å²) in [6.45, 7) is 12.0. The first-order valence-electron chi connectivity index (χ1n) is 11.9. The van der Waals surface area contributed by atoms with Crippen molar-refractivity contribution in [1.29, 1.82) is 0 Å². The summed E-state index contributed by atoms with van der Waals surface area (Å²) >= 11 is 0. The predicted octanol–water partition coefficient (Wildman–Crippen LogP) is 5.90. The molecule has 33 heavy (non-hydrogen) atoms. The number of rotatable bonds is 11. The van der Waals surface area contributed by atoms with Gasteiger partial charge in [0.25, 0.3) is 0 Å². The van der Waals surface area contributed by atoms with Crippen LogP contribution < -0.4 is 10.8 Å². The average Bonchev–Trinajstić information content (AvgIpc) is 2.78. The number of anilines is 1. The Morgan fingerprint density at radius 2 is 1.97 bits per heavy atom. The van der Waals surface area contributed by atoms with E-state index in [1.54, 1.807) is 26.1 Å². The number of aliphatic hydroxyl groups excluding tert-OH is 1. The molecule has 0 spiro atoms. The van der Waals surface area contributed by atoms with Crippen LogP contribution in [0.2, 0.25) is 0 Å². The Morgan fingerprint density at radius 3 is 2.42 bits per heavy atom. The van der Waals surface area contributed by atoms with Crippen molar-refractivity contribution in [2.75, 3.05) is 25.6 Å². The van der Waals surface area contributed by atoms with Crippen molar-refractivity contribution in [3.8, 4) is 0 Å². The first-order chi connectivity index (χ1) is 15.8. The predicted molar refractivity (Wildman–Crippen MR) is 135 cm³/mol. The van der Waals surface area contributed by atoms with Gasteiger partial charge in [0, 0.05) is 7.05 Å². The third kappa shape index (κ3) is 12.4. The second kappa shape index (κ2) is 18.1. The van der Waals surface area contributed by atoms with Crippen molar-refractivity contribution in [2.45, 2.75) is 73.6 Å². The quantitative estimate of drug-likeness (QED) is 0.164. The first-order valence-corrected chi connectivity index (χ1v) is 11.9. The number of aryl methyl sites for hydroxylation is 1. The van der Waals surface area contributed by atoms with Gasteiger partial charge in [0.2, 0.25) is 6.41 Å². The van der Waals surface area contributed by atoms with Gasteiger partial charge in [-0.25, -0.2) is 4.39 Å². The van der Waals surface area contributed by atoms with Gasteiger partial charge < -0.3 is 15.3 Å². The highest BCUT2D eigenvalue weighted by molar-refractivity contribution is 5.58. The van der Waals surface area contributed by atoms with E-state index in [4.69, 9.17) is 9.94 Å². The fourth-order valence-corrected chi connectivity index (χ4v) is 2.89. The minimum absolute atomic E-state index is 0.0706. The van der Waals surface area contributed by atoms with E-state index in [1.165, 1.54) is 30.2 Å². The molecule has 1 aromatic carbocycles. The summed E-state index contributed by atoms with van der Waals surface area (Å²) in [5, 5.41) is 11.9. The van der Waals surface area contributed by atoms with E-state index in [9.17, 15) is 9.18 Å². The number of benzene rings is 1. The Labute approximate surface area is 199 Å². The zero-order valence-corrected chi connectivity index (χ0v) is 21.5. The second-order valence-corrected chi connectivity index (χ2v) is 8.04. The van der Waals surface area contributed by atoms with E-state index in [-0.39, 0.29) is 18.9 Å². The maximum Gasteiger partial charge on any atom is 0.215 e. The van der Waals surface area contributed by atoms with Crippen LogP contribution in [0.4, 0.5) is 10.1 Å². The zero-order valence-electron chi connectivity index (χ0n) is 21.5. The lowest BCUT2D eigenvalue weighted by Gasteiger charge is -2.22. The number of hydroxylamine groups is 1. The Bertz CT molecular complexity index is 746. The number of hydrogen-bond donors (Lipinski definition) is 3. The molecule has 1 saturated carbocycles. The van der Waals surface area contributed by atoms with E-state index in [0.717, 1.165) is 29.9 Å². The van der Waals surface area contributed by atoms with Gasteiger partial charge in [-0.15, -0.1) is 0 Å². The smallest absolute Gasteiger partial charge is 0.215 e. The lowest BCUT2D eigenvalue weighted by atomic mass is 9.88. The van der Waals surface area contributed by atoms with Crippen molar-refractivity contribution in [2.24, 2.45) is 5.92 Å². The van der Waals surface area contributed by atoms with Crippen LogP contribution >= 0.6 is 0 Å². The van der Waals surface area contributed by atoms with Gasteiger partial charge in [-0.05, 0) is 50.0 Å². The molecule has 6 nitrogen and oxygen atoms in total. The highest BCUT2D eigenvalue weighted by atomic mass is 19.1. The van der Waals surface area contributed by atoms with Crippen molar-refractivity contribution < 1.29 is 19.1 Å². The lowest BCUT2D eigenvalue weighted by Crippen LogP contribution is -2.28. The van der Waals surface area contributed by atoms with E-state index < -0.39 is 5.82 Å². The van der Waals surface area contributed by atoms with Crippen molar-refractivity contribution >= 4 is 12.1 Å². The number of nitrogens with one attached hydrogen (secondary N) is 2. The van der Waals surface area contributed by atoms with Crippen molar-refractivity contribution in [3.05, 3.63) is 52.7 Å². The SMILES string of the molecule is CC.CC1CCC1.CCC/C(C)=C/C(NOCCO)=C(/Nc1ccc(C)cc1F)N(C)C=O. The molecular formula is C26H44FN3O3. The Balaban J connectivity index is 0.00000126. The summed E-state index contributed by atoms with van der Waals surface area (Å²) in [5.41, 5.74) is 5.29. The number of carbonyl (C=O) groups excluding carboxylic acids is 1. The molecule has 0 bridgehead atoms. The first kappa shape index (κ1) is 30.6. The van der Waals surface area contributed by atoms with Crippen LogP contribution in [-0.2, 0) is 9.63 Å². The molecule has 0 aromatic heterocycles. The number of nitrogens with zero attached hydrogens (tertiary/aromatic N) is 1. The molecule has 0 saturated heterocycles. The van der Waals surface area contributed by atoms with Crippen LogP contribution in [-0.4, -0.2) is 36.7 Å². The number of carbonyl (C=O) groups is 1. The maximum atomic E-state index is 14.2. The van der Waals surface area contributed by atoms with Crippen LogP contribution in [0.15, 0.2) is 41.4 Å². The molecule has 1 fully saturated rings. The third-order valence-electron chi connectivity index (χ3n) is 4.95. The number of amides is 1. The van der Waals surface area contributed by atoms with E-state index in [2.05, 4.69) is 24.6 Å². The summed E-state index contributed by atoms with van der Waals surface area (Å²) < 4.78 is 14.2. The normalized spacial score (nSPS) is 13.9. The highest BCUT2D eigenvalue weighted by Gasteiger charge is 2.14. The van der Waals surface area contributed by atoms with Gasteiger partial charge in [-0.1, -0.05) is 65.0 Å². The van der Waals surface area contributed by atoms with Gasteiger partial charge in [0.15, 0.2) is 0 Å². The van der Waals surface area contributed by atoms with Crippen LogP contribution in [0, 0.1) is 18.7 Å². The fraction of sp³-hybridized carbons (Fsp3) is 0.577. The number of aliphatic hydroxyl groups is 1. The van der Waals surface area contributed by atoms with E-state index in [1.807, 2.05) is 26.8 Å². The van der Waals surface area contributed by atoms with Crippen LogP contribution in [0.1, 0.15) is 72.3 Å². The van der Waals surface area contributed by atoms with Gasteiger partial charge >= 0.3 is 0 Å². The van der Waals surface area contributed by atoms with Crippen LogP contribution in [0.3, 0.4) is 0 Å². The zero-order chi connectivity index (χ0) is 25.2. The number of allylic oxidation sites excluding steroid dienone is 2. The summed E-state index contributed by atoms with van der Waals surface area (Å²) in [6.07, 6.45) is 8.73. The molecule has 0 radical (unpaired) electrons. The summed E-state index contributed by atoms with van der Waals surface area (Å²) in [5.74, 6) is 0.970. The fourth-order valence-electron chi connectivity index (χ4n) is 2.89. The topological polar surface area (TPSA) is 73.8 Å². The molecular weight excluding hydrogens is 421 g/mol. The minimum atomic E-state index is -0.424. The second-order valence-electron chi connectivity index (χ2n) is 8.04. The molecule has 0 unspecified atom stereocenters. The summed E-state index contributed by atoms with van der Waals surface area (Å²) in [7, 11) is 1.55. The molecule has 1 amide bonds. The van der Waals surface area contributed by atoms with Crippen LogP contribution in [0.5, 0.6) is 0 Å². The molecule has 0 heterocycles. The number of halogens is 1. The van der Waals surface area contributed by atoms with E-state index >= 15 is 0 Å². The van der Waals surface area contributed by atoms with Crippen LogP contribution in [0.25, 0.3) is 0 Å². The lowest BCUT2D eigenvalue weighted by molar-refractivity contribution is -0.115. The van der Waals surface area contributed by atoms with E-state index in [0.29, 0.717) is 17.9 Å². The van der Waals surface area contributed by atoms with Gasteiger partial charge in [-0.3, -0.25) is 15.1 Å². The molecule has 1 aliphatic rings. The molecule has 188 valence electrons. The molecule has 0 aliphatic heterocycles. The Kier molecular flexibility index (Phi) is 16.8. The Morgan fingerprint density at radius 1 is 1.33 bits per heavy atom. The molecule has 3 N–H and O–H groups in total. The summed E-state index contributed by atoms with van der Waals surface area (Å²) in [6, 6.07) is 4.80. The van der Waals surface area contributed by atoms with Gasteiger partial charge in [-0.2, -0.15) is 0 Å². The molecule has 7 heteroatoms. The molecule has 2 rings (SSSR count).